The Morgan fingerprint density at radius 3 is 2.48 bits per heavy atom. The van der Waals surface area contributed by atoms with Crippen molar-refractivity contribution in [1.82, 2.24) is 5.32 Å². The number of carbonyl (C=O) groups excluding carboxylic acids is 1. The Hall–Kier alpha value is -1.27. The van der Waals surface area contributed by atoms with Crippen LogP contribution in [0.4, 0.5) is 10.7 Å². The van der Waals surface area contributed by atoms with Gasteiger partial charge in [-0.2, -0.15) is 0 Å². The number of nitrogens with two attached hydrogens (primary N) is 1. The summed E-state index contributed by atoms with van der Waals surface area (Å²) >= 11 is 1.47. The predicted octanol–water partition coefficient (Wildman–Crippen LogP) is 2.28. The minimum absolute atomic E-state index is 0.105. The lowest BCUT2D eigenvalue weighted by molar-refractivity contribution is 0.0968. The highest BCUT2D eigenvalue weighted by atomic mass is 32.1. The first kappa shape index (κ1) is 14.7. The van der Waals surface area contributed by atoms with Gasteiger partial charge in [-0.05, 0) is 44.4 Å². The van der Waals surface area contributed by atoms with E-state index in [2.05, 4.69) is 10.6 Å². The van der Waals surface area contributed by atoms with Crippen LogP contribution in [0, 0.1) is 0 Å². The maximum Gasteiger partial charge on any atom is 0.263 e. The molecule has 21 heavy (non-hydrogen) atoms. The fourth-order valence-corrected chi connectivity index (χ4v) is 4.26. The fraction of sp³-hybridized carbons (Fsp3) is 0.667. The third-order valence-corrected chi connectivity index (χ3v) is 5.59. The molecule has 0 unspecified atom stereocenters. The van der Waals surface area contributed by atoms with Crippen LogP contribution in [0.25, 0.3) is 0 Å². The summed E-state index contributed by atoms with van der Waals surface area (Å²) in [5, 5.41) is 16.9. The van der Waals surface area contributed by atoms with E-state index in [1.807, 2.05) is 0 Å². The van der Waals surface area contributed by atoms with Crippen molar-refractivity contribution in [1.29, 1.82) is 0 Å². The van der Waals surface area contributed by atoms with Crippen LogP contribution in [0.5, 0.6) is 0 Å². The number of thiophene rings is 1. The second-order valence-electron chi connectivity index (χ2n) is 6.09. The summed E-state index contributed by atoms with van der Waals surface area (Å²) in [5.74, 6) is 0.405. The van der Waals surface area contributed by atoms with Gasteiger partial charge in [0.25, 0.3) is 5.91 Å². The van der Waals surface area contributed by atoms with E-state index in [1.54, 1.807) is 7.05 Å². The zero-order chi connectivity index (χ0) is 15.0. The lowest BCUT2D eigenvalue weighted by atomic mass is 9.93. The van der Waals surface area contributed by atoms with Gasteiger partial charge in [0.2, 0.25) is 0 Å². The SMILES string of the molecule is CNC(=O)c1sc(NC2CCC(O)CC2)c(C2CC2)c1N. The molecule has 1 heterocycles. The zero-order valence-electron chi connectivity index (χ0n) is 12.3. The lowest BCUT2D eigenvalue weighted by Gasteiger charge is -2.27. The van der Waals surface area contributed by atoms with Crippen molar-refractivity contribution in [2.24, 2.45) is 0 Å². The molecule has 5 N–H and O–H groups in total. The van der Waals surface area contributed by atoms with Crippen molar-refractivity contribution >= 4 is 27.9 Å². The largest absolute Gasteiger partial charge is 0.397 e. The van der Waals surface area contributed by atoms with Crippen molar-refractivity contribution in [2.75, 3.05) is 18.1 Å². The first-order valence-corrected chi connectivity index (χ1v) is 8.50. The molecule has 2 saturated carbocycles. The van der Waals surface area contributed by atoms with Crippen LogP contribution in [0.2, 0.25) is 0 Å². The molecule has 0 aromatic carbocycles. The monoisotopic (exact) mass is 309 g/mol. The van der Waals surface area contributed by atoms with Gasteiger partial charge in [0.15, 0.2) is 0 Å². The van der Waals surface area contributed by atoms with Crippen molar-refractivity contribution in [3.63, 3.8) is 0 Å². The molecule has 3 rings (SSSR count). The van der Waals surface area contributed by atoms with Crippen LogP contribution in [0.1, 0.15) is 59.7 Å². The van der Waals surface area contributed by atoms with Crippen LogP contribution in [-0.4, -0.2) is 30.2 Å². The van der Waals surface area contributed by atoms with Crippen molar-refractivity contribution in [3.05, 3.63) is 10.4 Å². The molecule has 116 valence electrons. The average molecular weight is 309 g/mol. The summed E-state index contributed by atoms with van der Waals surface area (Å²) in [4.78, 5) is 12.6. The van der Waals surface area contributed by atoms with Crippen LogP contribution >= 0.6 is 11.3 Å². The van der Waals surface area contributed by atoms with E-state index in [0.717, 1.165) is 49.1 Å². The van der Waals surface area contributed by atoms with E-state index in [0.29, 0.717) is 22.5 Å². The van der Waals surface area contributed by atoms with Gasteiger partial charge in [0, 0.05) is 18.7 Å². The zero-order valence-corrected chi connectivity index (χ0v) is 13.1. The Kier molecular flexibility index (Phi) is 4.08. The third-order valence-electron chi connectivity index (χ3n) is 4.43. The molecule has 0 aliphatic heterocycles. The Balaban J connectivity index is 1.81. The van der Waals surface area contributed by atoms with Crippen molar-refractivity contribution < 1.29 is 9.90 Å². The number of nitrogen functional groups attached to an aromatic ring is 1. The Morgan fingerprint density at radius 1 is 1.24 bits per heavy atom. The molecule has 0 bridgehead atoms. The van der Waals surface area contributed by atoms with Crippen molar-refractivity contribution in [2.45, 2.75) is 56.6 Å². The number of hydrogen-bond donors (Lipinski definition) is 4. The Labute approximate surface area is 128 Å². The minimum Gasteiger partial charge on any atom is -0.397 e. The van der Waals surface area contributed by atoms with E-state index in [-0.39, 0.29) is 12.0 Å². The molecule has 6 heteroatoms. The van der Waals surface area contributed by atoms with Gasteiger partial charge < -0.3 is 21.5 Å². The van der Waals surface area contributed by atoms with Crippen molar-refractivity contribution in [3.8, 4) is 0 Å². The number of nitrogens with one attached hydrogen (secondary N) is 2. The summed E-state index contributed by atoms with van der Waals surface area (Å²) in [5.41, 5.74) is 8.01. The maximum atomic E-state index is 11.9. The van der Waals surface area contributed by atoms with Gasteiger partial charge >= 0.3 is 0 Å². The highest BCUT2D eigenvalue weighted by Gasteiger charge is 2.33. The number of aliphatic hydroxyl groups is 1. The molecule has 0 spiro atoms. The molecule has 1 aromatic heterocycles. The smallest absolute Gasteiger partial charge is 0.263 e. The Bertz CT molecular complexity index is 531. The molecule has 0 saturated heterocycles. The Morgan fingerprint density at radius 2 is 1.90 bits per heavy atom. The molecule has 2 aliphatic rings. The molecule has 0 radical (unpaired) electrons. The van der Waals surface area contributed by atoms with Crippen LogP contribution in [-0.2, 0) is 0 Å². The number of anilines is 2. The topological polar surface area (TPSA) is 87.4 Å². The van der Waals surface area contributed by atoms with Crippen LogP contribution in [0.15, 0.2) is 0 Å². The quantitative estimate of drug-likeness (QED) is 0.687. The summed E-state index contributed by atoms with van der Waals surface area (Å²) in [7, 11) is 1.63. The summed E-state index contributed by atoms with van der Waals surface area (Å²) in [6, 6.07) is 0.376. The second-order valence-corrected chi connectivity index (χ2v) is 7.11. The third kappa shape index (κ3) is 3.01. The molecule has 0 atom stereocenters. The van der Waals surface area contributed by atoms with E-state index >= 15 is 0 Å². The van der Waals surface area contributed by atoms with Gasteiger partial charge in [-0.3, -0.25) is 4.79 Å². The van der Waals surface area contributed by atoms with Crippen LogP contribution < -0.4 is 16.4 Å². The van der Waals surface area contributed by atoms with Gasteiger partial charge in [-0.1, -0.05) is 0 Å². The van der Waals surface area contributed by atoms with E-state index in [1.165, 1.54) is 11.3 Å². The highest BCUT2D eigenvalue weighted by molar-refractivity contribution is 7.18. The number of aliphatic hydroxyl groups excluding tert-OH is 1. The molecule has 1 amide bonds. The summed E-state index contributed by atoms with van der Waals surface area (Å²) < 4.78 is 0. The van der Waals surface area contributed by atoms with E-state index in [4.69, 9.17) is 5.73 Å². The number of amides is 1. The fourth-order valence-electron chi connectivity index (χ4n) is 3.03. The average Bonchev–Trinajstić information content (AvgIpc) is 3.26. The molecule has 1 aromatic rings. The highest BCUT2D eigenvalue weighted by Crippen LogP contribution is 2.51. The molecule has 2 aliphatic carbocycles. The summed E-state index contributed by atoms with van der Waals surface area (Å²) in [6.45, 7) is 0. The predicted molar refractivity (Wildman–Crippen MR) is 86.0 cm³/mol. The molecule has 2 fully saturated rings. The standard InChI is InChI=1S/C15H23N3O2S/c1-17-14(20)13-12(16)11(8-2-3-8)15(21-13)18-9-4-6-10(19)7-5-9/h8-10,18-19H,2-7,16H2,1H3,(H,17,20). The molecular weight excluding hydrogens is 286 g/mol. The van der Waals surface area contributed by atoms with E-state index in [9.17, 15) is 9.90 Å². The normalized spacial score (nSPS) is 25.6. The number of carbonyl (C=O) groups is 1. The minimum atomic E-state index is -0.152. The molecule has 5 nitrogen and oxygen atoms in total. The second kappa shape index (κ2) is 5.85. The van der Waals surface area contributed by atoms with Gasteiger partial charge in [-0.15, -0.1) is 11.3 Å². The van der Waals surface area contributed by atoms with Gasteiger partial charge in [0.05, 0.1) is 16.8 Å². The van der Waals surface area contributed by atoms with Gasteiger partial charge in [-0.25, -0.2) is 0 Å². The first-order chi connectivity index (χ1) is 10.1. The van der Waals surface area contributed by atoms with Gasteiger partial charge in [0.1, 0.15) is 4.88 Å². The number of hydrogen-bond acceptors (Lipinski definition) is 5. The maximum absolute atomic E-state index is 11.9. The lowest BCUT2D eigenvalue weighted by Crippen LogP contribution is -2.28. The van der Waals surface area contributed by atoms with E-state index < -0.39 is 0 Å². The first-order valence-electron chi connectivity index (χ1n) is 7.69. The molecular formula is C15H23N3O2S. The summed E-state index contributed by atoms with van der Waals surface area (Å²) in [6.07, 6.45) is 5.80. The number of rotatable bonds is 4. The van der Waals surface area contributed by atoms with Crippen LogP contribution in [0.3, 0.4) is 0 Å².